The van der Waals surface area contributed by atoms with Crippen molar-refractivity contribution < 1.29 is 4.42 Å². The molecule has 0 aliphatic carbocycles. The Balaban J connectivity index is 1.01. The second-order valence-corrected chi connectivity index (χ2v) is 25.7. The molecule has 2 aliphatic heterocycles. The van der Waals surface area contributed by atoms with Gasteiger partial charge in [0.2, 0.25) is 0 Å². The van der Waals surface area contributed by atoms with E-state index in [0.717, 1.165) is 50.3 Å². The number of hydrogen-bond donors (Lipinski definition) is 0. The van der Waals surface area contributed by atoms with Gasteiger partial charge in [0.05, 0.1) is 22.2 Å². The highest BCUT2D eigenvalue weighted by Crippen LogP contribution is 2.50. The Morgan fingerprint density at radius 2 is 0.894 bits per heavy atom. The zero-order chi connectivity index (χ0) is 57.0. The van der Waals surface area contributed by atoms with E-state index in [1.807, 2.05) is 0 Å². The molecule has 0 bridgehead atoms. The first-order valence-corrected chi connectivity index (χ1v) is 29.9. The summed E-state index contributed by atoms with van der Waals surface area (Å²) in [5, 5.41) is 7.14. The number of hydrogen-bond acceptors (Lipinski definition) is 2. The number of aromatic nitrogens is 2. The van der Waals surface area contributed by atoms with Crippen LogP contribution in [-0.4, -0.2) is 15.8 Å². The van der Waals surface area contributed by atoms with Crippen molar-refractivity contribution in [3.05, 3.63) is 266 Å². The molecule has 2 aliphatic rings. The van der Waals surface area contributed by atoms with Crippen molar-refractivity contribution in [2.75, 3.05) is 4.90 Å². The third-order valence-electron chi connectivity index (χ3n) is 18.5. The topological polar surface area (TPSA) is 26.2 Å². The SMILES string of the molecule is CC(C)(C)c1cccc(-c2cccc(-c3cc(N4c5ccc(-n6c7ccccc7c7ccccc76)cc5B5c6c(cc7c(oc8ccccc87)c64)-n4c6ccc(-c7ccccc7)cc6c6cc(-c7ccccc7)cc5c64)cc(C(C)(C)C)c3)c2)c1. The molecule has 85 heavy (non-hydrogen) atoms. The van der Waals surface area contributed by atoms with E-state index in [1.54, 1.807) is 0 Å². The fourth-order valence-corrected chi connectivity index (χ4v) is 14.4. The summed E-state index contributed by atoms with van der Waals surface area (Å²) < 4.78 is 12.5. The van der Waals surface area contributed by atoms with Crippen molar-refractivity contribution in [3.8, 4) is 55.9 Å². The van der Waals surface area contributed by atoms with E-state index in [-0.39, 0.29) is 17.5 Å². The number of nitrogens with zero attached hydrogens (tertiary/aromatic N) is 3. The van der Waals surface area contributed by atoms with Crippen LogP contribution in [0.1, 0.15) is 52.7 Å². The van der Waals surface area contributed by atoms with Gasteiger partial charge in [0.1, 0.15) is 5.58 Å². The van der Waals surface area contributed by atoms with Gasteiger partial charge in [-0.3, -0.25) is 0 Å². The van der Waals surface area contributed by atoms with Gasteiger partial charge >= 0.3 is 0 Å². The Hall–Kier alpha value is -10.1. The molecule has 5 heterocycles. The van der Waals surface area contributed by atoms with Gasteiger partial charge in [-0.25, -0.2) is 0 Å². The second-order valence-electron chi connectivity index (χ2n) is 25.7. The molecule has 0 saturated heterocycles. The largest absolute Gasteiger partial charge is 0.454 e. The van der Waals surface area contributed by atoms with E-state index in [0.29, 0.717) is 0 Å². The van der Waals surface area contributed by atoms with Crippen molar-refractivity contribution >= 4 is 106 Å². The predicted octanol–water partition coefficient (Wildman–Crippen LogP) is 19.7. The average Bonchev–Trinajstić information content (AvgIpc) is 2.16. The lowest BCUT2D eigenvalue weighted by molar-refractivity contribution is 0.590. The van der Waals surface area contributed by atoms with Crippen LogP contribution in [-0.2, 0) is 10.8 Å². The molecule has 404 valence electrons. The maximum Gasteiger partial charge on any atom is 0.252 e. The molecule has 4 nitrogen and oxygen atoms in total. The molecule has 0 fully saturated rings. The molecule has 5 heteroatoms. The maximum atomic E-state index is 7.41. The van der Waals surface area contributed by atoms with E-state index in [2.05, 4.69) is 310 Å². The quantitative estimate of drug-likeness (QED) is 0.155. The summed E-state index contributed by atoms with van der Waals surface area (Å²) in [6.45, 7) is 13.7. The Bertz CT molecular complexity index is 5220. The highest BCUT2D eigenvalue weighted by molar-refractivity contribution is 7.00. The van der Waals surface area contributed by atoms with Gasteiger partial charge in [-0.15, -0.1) is 0 Å². The molecule has 15 aromatic rings. The van der Waals surface area contributed by atoms with Gasteiger partial charge in [0.25, 0.3) is 6.71 Å². The van der Waals surface area contributed by atoms with Crippen molar-refractivity contribution in [2.45, 2.75) is 52.4 Å². The monoisotopic (exact) mass is 1090 g/mol. The van der Waals surface area contributed by atoms with Crippen molar-refractivity contribution in [3.63, 3.8) is 0 Å². The normalized spacial score (nSPS) is 13.0. The Morgan fingerprint density at radius 1 is 0.329 bits per heavy atom. The third-order valence-corrected chi connectivity index (χ3v) is 18.5. The van der Waals surface area contributed by atoms with Crippen molar-refractivity contribution in [1.82, 2.24) is 9.13 Å². The van der Waals surface area contributed by atoms with Crippen LogP contribution in [0.25, 0.3) is 121 Å². The zero-order valence-corrected chi connectivity index (χ0v) is 48.6. The first-order chi connectivity index (χ1) is 41.4. The van der Waals surface area contributed by atoms with Gasteiger partial charge in [0.15, 0.2) is 5.58 Å². The second kappa shape index (κ2) is 18.2. The highest BCUT2D eigenvalue weighted by Gasteiger charge is 2.45. The first-order valence-electron chi connectivity index (χ1n) is 29.9. The van der Waals surface area contributed by atoms with Crippen molar-refractivity contribution in [1.29, 1.82) is 0 Å². The van der Waals surface area contributed by atoms with Crippen LogP contribution in [0.5, 0.6) is 0 Å². The Labute approximate surface area is 495 Å². The molecule has 0 unspecified atom stereocenters. The van der Waals surface area contributed by atoms with E-state index < -0.39 is 0 Å². The Kier molecular flexibility index (Phi) is 10.6. The van der Waals surface area contributed by atoms with E-state index in [1.165, 1.54) is 116 Å². The molecule has 3 aromatic heterocycles. The zero-order valence-electron chi connectivity index (χ0n) is 48.6. The van der Waals surface area contributed by atoms with E-state index >= 15 is 0 Å². The van der Waals surface area contributed by atoms with Gasteiger partial charge in [-0.2, -0.15) is 0 Å². The molecular formula is C80H60BN3O. The maximum absolute atomic E-state index is 7.41. The fourth-order valence-electron chi connectivity index (χ4n) is 14.4. The summed E-state index contributed by atoms with van der Waals surface area (Å²) in [6.07, 6.45) is 0. The summed E-state index contributed by atoms with van der Waals surface area (Å²) in [4.78, 5) is 2.59. The number of furan rings is 1. The van der Waals surface area contributed by atoms with Gasteiger partial charge in [0, 0.05) is 60.6 Å². The lowest BCUT2D eigenvalue weighted by Gasteiger charge is -2.41. The standard InChI is InChI=1S/C80H60BN3O/c1-79(2,3)57-28-20-27-53(40-57)51-25-19-26-52(39-51)55-41-58(80(4,5)6)46-60(42-55)83-72-38-36-59(82-69-32-16-13-29-61(69)62-30-14-17-33-70(62)82)47-67(72)81-68-45-56(50-23-11-8-12-24-50)44-65-64-43-54(49-21-9-7-10-22-49)35-37-71(64)84(76(65)68)73-48-66-63-31-15-18-34-74(63)85-78(66)77(83)75(73)81/h7-48H,1-6H3. The predicted molar refractivity (Wildman–Crippen MR) is 361 cm³/mol. The third kappa shape index (κ3) is 7.55. The summed E-state index contributed by atoms with van der Waals surface area (Å²) in [5.74, 6) is 0. The molecule has 0 amide bonds. The van der Waals surface area contributed by atoms with E-state index in [4.69, 9.17) is 4.42 Å². The van der Waals surface area contributed by atoms with Crippen LogP contribution < -0.4 is 21.3 Å². The Morgan fingerprint density at radius 3 is 1.61 bits per heavy atom. The van der Waals surface area contributed by atoms with Crippen LogP contribution in [0.15, 0.2) is 259 Å². The van der Waals surface area contributed by atoms with Crippen molar-refractivity contribution in [2.24, 2.45) is 0 Å². The van der Waals surface area contributed by atoms with Crippen LogP contribution in [0.2, 0.25) is 0 Å². The molecular weight excluding hydrogens is 1030 g/mol. The molecule has 0 radical (unpaired) electrons. The number of para-hydroxylation sites is 3. The number of benzene rings is 12. The van der Waals surface area contributed by atoms with E-state index in [9.17, 15) is 0 Å². The average molecular weight is 1090 g/mol. The van der Waals surface area contributed by atoms with Crippen LogP contribution in [0, 0.1) is 0 Å². The van der Waals surface area contributed by atoms with Crippen LogP contribution >= 0.6 is 0 Å². The number of anilines is 3. The summed E-state index contributed by atoms with van der Waals surface area (Å²) in [7, 11) is 0. The summed E-state index contributed by atoms with van der Waals surface area (Å²) in [5.41, 5.74) is 27.8. The molecule has 17 rings (SSSR count). The molecule has 0 spiro atoms. The number of rotatable bonds is 6. The lowest BCUT2D eigenvalue weighted by Crippen LogP contribution is -2.60. The van der Waals surface area contributed by atoms with Gasteiger partial charge in [-0.1, -0.05) is 217 Å². The minimum atomic E-state index is -0.204. The fraction of sp³-hybridized carbons (Fsp3) is 0.100. The summed E-state index contributed by atoms with van der Waals surface area (Å²) >= 11 is 0. The van der Waals surface area contributed by atoms with Gasteiger partial charge in [-0.05, 0) is 162 Å². The smallest absolute Gasteiger partial charge is 0.252 e. The van der Waals surface area contributed by atoms with Crippen LogP contribution in [0.4, 0.5) is 17.1 Å². The molecule has 0 saturated carbocycles. The minimum Gasteiger partial charge on any atom is -0.454 e. The summed E-state index contributed by atoms with van der Waals surface area (Å²) in [6, 6.07) is 95.6. The molecule has 12 aromatic carbocycles. The highest BCUT2D eigenvalue weighted by atomic mass is 16.3. The lowest BCUT2D eigenvalue weighted by atomic mass is 9.33. The van der Waals surface area contributed by atoms with Crippen LogP contribution in [0.3, 0.4) is 0 Å². The minimum absolute atomic E-state index is 0.0258. The first kappa shape index (κ1) is 49.5. The van der Waals surface area contributed by atoms with Gasteiger partial charge < -0.3 is 18.5 Å². The molecule has 0 N–H and O–H groups in total. The molecule has 0 atom stereocenters. The number of fused-ring (bicyclic) bond motifs is 14.